The number of hydrogen-bond donors (Lipinski definition) is 0. The van der Waals surface area contributed by atoms with Crippen LogP contribution in [0.3, 0.4) is 0 Å². The van der Waals surface area contributed by atoms with Crippen LogP contribution in [-0.2, 0) is 0 Å². The van der Waals surface area contributed by atoms with E-state index in [2.05, 4.69) is 72.6 Å². The molecule has 29 heavy (non-hydrogen) atoms. The zero-order chi connectivity index (χ0) is 19.6. The van der Waals surface area contributed by atoms with E-state index in [1.54, 1.807) is 0 Å². The molecular weight excluding hydrogens is 352 g/mol. The van der Waals surface area contributed by atoms with Crippen molar-refractivity contribution in [1.29, 1.82) is 0 Å². The van der Waals surface area contributed by atoms with Crippen molar-refractivity contribution in [3.05, 3.63) is 71.8 Å². The van der Waals surface area contributed by atoms with E-state index in [1.165, 1.54) is 61.9 Å². The van der Waals surface area contributed by atoms with Gasteiger partial charge >= 0.3 is 0 Å². The van der Waals surface area contributed by atoms with Gasteiger partial charge in [-0.25, -0.2) is 0 Å². The highest BCUT2D eigenvalue weighted by Crippen LogP contribution is 2.54. The lowest BCUT2D eigenvalue weighted by Gasteiger charge is -2.53. The molecular formula is C27H34N2. The standard InChI is InChI=1S/C27H34N2/c1-29-18-10-15-22-25(29)19-23(20-11-4-2-5-12-20)27(24-16-8-9-17-28-24)26(22)21-13-6-3-7-14-21/h2-7,11-14,22-23,25-27H,8-10,15-19H2,1H3/t22-,23+,25+,26+,27-/m0/s1. The minimum atomic E-state index is 0.549. The van der Waals surface area contributed by atoms with Crippen molar-refractivity contribution in [2.24, 2.45) is 16.8 Å². The second kappa shape index (κ2) is 8.44. The van der Waals surface area contributed by atoms with E-state index in [9.17, 15) is 0 Å². The highest BCUT2D eigenvalue weighted by molar-refractivity contribution is 5.89. The molecule has 2 aliphatic heterocycles. The van der Waals surface area contributed by atoms with E-state index in [0.717, 1.165) is 12.5 Å². The summed E-state index contributed by atoms with van der Waals surface area (Å²) in [4.78, 5) is 7.83. The average Bonchev–Trinajstić information content (AvgIpc) is 2.80. The number of benzene rings is 2. The molecule has 0 unspecified atom stereocenters. The topological polar surface area (TPSA) is 15.6 Å². The van der Waals surface area contributed by atoms with Crippen LogP contribution >= 0.6 is 0 Å². The van der Waals surface area contributed by atoms with Crippen molar-refractivity contribution in [3.8, 4) is 0 Å². The second-order valence-electron chi connectivity index (χ2n) is 9.40. The van der Waals surface area contributed by atoms with Gasteiger partial charge in [-0.1, -0.05) is 60.7 Å². The van der Waals surface area contributed by atoms with E-state index < -0.39 is 0 Å². The summed E-state index contributed by atoms with van der Waals surface area (Å²) in [5.41, 5.74) is 4.58. The van der Waals surface area contributed by atoms with Gasteiger partial charge in [-0.05, 0) is 81.0 Å². The molecule has 2 aromatic rings. The second-order valence-corrected chi connectivity index (χ2v) is 9.40. The molecule has 0 N–H and O–H groups in total. The predicted octanol–water partition coefficient (Wildman–Crippen LogP) is 5.91. The maximum atomic E-state index is 5.16. The third-order valence-electron chi connectivity index (χ3n) is 7.84. The molecule has 0 radical (unpaired) electrons. The highest BCUT2D eigenvalue weighted by atomic mass is 15.1. The fourth-order valence-corrected chi connectivity index (χ4v) is 6.56. The average molecular weight is 387 g/mol. The SMILES string of the molecule is CN1CCC[C@@H]2[C@@H](c3ccccc3)[C@H](C3=NCCCC3)[C@@H](c3ccccc3)C[C@H]21. The molecule has 3 aliphatic rings. The van der Waals surface area contributed by atoms with Crippen molar-refractivity contribution in [2.75, 3.05) is 20.1 Å². The highest BCUT2D eigenvalue weighted by Gasteiger charge is 2.49. The van der Waals surface area contributed by atoms with Gasteiger partial charge in [0.05, 0.1) is 0 Å². The van der Waals surface area contributed by atoms with Crippen LogP contribution in [0.2, 0.25) is 0 Å². The Kier molecular flexibility index (Phi) is 5.54. The quantitative estimate of drug-likeness (QED) is 0.640. The van der Waals surface area contributed by atoms with Crippen molar-refractivity contribution < 1.29 is 0 Å². The van der Waals surface area contributed by atoms with Gasteiger partial charge in [-0.2, -0.15) is 0 Å². The van der Waals surface area contributed by atoms with Gasteiger partial charge in [0, 0.05) is 24.2 Å². The van der Waals surface area contributed by atoms with Gasteiger partial charge < -0.3 is 4.90 Å². The molecule has 1 aliphatic carbocycles. The summed E-state index contributed by atoms with van der Waals surface area (Å²) >= 11 is 0. The predicted molar refractivity (Wildman–Crippen MR) is 122 cm³/mol. The molecule has 0 aromatic heterocycles. The number of nitrogens with zero attached hydrogens (tertiary/aromatic N) is 2. The Morgan fingerprint density at radius 1 is 0.828 bits per heavy atom. The Labute approximate surface area is 176 Å². The zero-order valence-electron chi connectivity index (χ0n) is 17.7. The van der Waals surface area contributed by atoms with Crippen LogP contribution in [0, 0.1) is 11.8 Å². The van der Waals surface area contributed by atoms with Crippen LogP contribution in [-0.4, -0.2) is 36.8 Å². The summed E-state index contributed by atoms with van der Waals surface area (Å²) in [7, 11) is 2.36. The number of likely N-dealkylation sites (tertiary alicyclic amines) is 1. The third-order valence-corrected chi connectivity index (χ3v) is 7.84. The zero-order valence-corrected chi connectivity index (χ0v) is 17.7. The van der Waals surface area contributed by atoms with E-state index in [4.69, 9.17) is 4.99 Å². The van der Waals surface area contributed by atoms with Crippen molar-refractivity contribution in [2.45, 2.75) is 56.4 Å². The molecule has 2 aromatic carbocycles. The van der Waals surface area contributed by atoms with Gasteiger partial charge in [-0.3, -0.25) is 4.99 Å². The summed E-state index contributed by atoms with van der Waals surface area (Å²) in [6.45, 7) is 2.28. The molecule has 152 valence electrons. The van der Waals surface area contributed by atoms with Crippen molar-refractivity contribution in [1.82, 2.24) is 4.90 Å². The van der Waals surface area contributed by atoms with Crippen LogP contribution in [0.1, 0.15) is 61.5 Å². The van der Waals surface area contributed by atoms with Crippen LogP contribution in [0.25, 0.3) is 0 Å². The molecule has 0 spiro atoms. The first-order chi connectivity index (χ1) is 14.3. The van der Waals surface area contributed by atoms with Gasteiger partial charge in [0.25, 0.3) is 0 Å². The minimum absolute atomic E-state index is 0.549. The Morgan fingerprint density at radius 2 is 1.55 bits per heavy atom. The lowest BCUT2D eigenvalue weighted by Crippen LogP contribution is -2.53. The number of fused-ring (bicyclic) bond motifs is 1. The Balaban J connectivity index is 1.64. The van der Waals surface area contributed by atoms with Gasteiger partial charge in [0.2, 0.25) is 0 Å². The summed E-state index contributed by atoms with van der Waals surface area (Å²) < 4.78 is 0. The lowest BCUT2D eigenvalue weighted by molar-refractivity contribution is 0.0449. The fourth-order valence-electron chi connectivity index (χ4n) is 6.56. The number of hydrogen-bond acceptors (Lipinski definition) is 2. The van der Waals surface area contributed by atoms with E-state index >= 15 is 0 Å². The largest absolute Gasteiger partial charge is 0.303 e. The molecule has 2 fully saturated rings. The van der Waals surface area contributed by atoms with E-state index in [1.807, 2.05) is 0 Å². The van der Waals surface area contributed by atoms with Gasteiger partial charge in [-0.15, -0.1) is 0 Å². The first kappa shape index (κ1) is 19.1. The molecule has 2 heterocycles. The van der Waals surface area contributed by atoms with Crippen LogP contribution in [0.15, 0.2) is 65.7 Å². The van der Waals surface area contributed by atoms with Crippen LogP contribution < -0.4 is 0 Å². The minimum Gasteiger partial charge on any atom is -0.303 e. The van der Waals surface area contributed by atoms with Gasteiger partial charge in [0.1, 0.15) is 0 Å². The molecule has 0 bridgehead atoms. The number of aliphatic imine (C=N–C) groups is 1. The Bertz CT molecular complexity index is 828. The normalized spacial score (nSPS) is 33.0. The molecule has 0 amide bonds. The number of rotatable bonds is 3. The molecule has 5 atom stereocenters. The van der Waals surface area contributed by atoms with Crippen LogP contribution in [0.4, 0.5) is 0 Å². The van der Waals surface area contributed by atoms with Gasteiger partial charge in [0.15, 0.2) is 0 Å². The molecule has 5 rings (SSSR count). The molecule has 2 heteroatoms. The van der Waals surface area contributed by atoms with Crippen LogP contribution in [0.5, 0.6) is 0 Å². The Hall–Kier alpha value is -1.93. The summed E-state index contributed by atoms with van der Waals surface area (Å²) in [6.07, 6.45) is 7.74. The molecule has 1 saturated carbocycles. The third kappa shape index (κ3) is 3.68. The molecule has 2 nitrogen and oxygen atoms in total. The van der Waals surface area contributed by atoms with Crippen molar-refractivity contribution >= 4 is 5.71 Å². The first-order valence-corrected chi connectivity index (χ1v) is 11.7. The fraction of sp³-hybridized carbons (Fsp3) is 0.519. The first-order valence-electron chi connectivity index (χ1n) is 11.7. The summed E-state index contributed by atoms with van der Waals surface area (Å²) in [5, 5.41) is 0. The summed E-state index contributed by atoms with van der Waals surface area (Å²) in [6, 6.07) is 23.4. The van der Waals surface area contributed by atoms with E-state index in [0.29, 0.717) is 23.8 Å². The smallest absolute Gasteiger partial charge is 0.0388 e. The Morgan fingerprint density at radius 3 is 2.24 bits per heavy atom. The number of piperidine rings is 1. The monoisotopic (exact) mass is 386 g/mol. The lowest BCUT2D eigenvalue weighted by atomic mass is 9.56. The maximum absolute atomic E-state index is 5.16. The summed E-state index contributed by atoms with van der Waals surface area (Å²) in [5.74, 6) is 2.44. The van der Waals surface area contributed by atoms with E-state index in [-0.39, 0.29) is 0 Å². The maximum Gasteiger partial charge on any atom is 0.0388 e. The van der Waals surface area contributed by atoms with Crippen molar-refractivity contribution in [3.63, 3.8) is 0 Å². The molecule has 1 saturated heterocycles.